The van der Waals surface area contributed by atoms with Crippen molar-refractivity contribution in [2.45, 2.75) is 39.2 Å². The Balaban J connectivity index is 1.23. The van der Waals surface area contributed by atoms with Crippen molar-refractivity contribution in [3.8, 4) is 0 Å². The molecule has 3 heterocycles. The molecule has 5 heteroatoms. The minimum absolute atomic E-state index is 0.312. The first-order valence-electron chi connectivity index (χ1n) is 12.2. The Morgan fingerprint density at radius 2 is 1.57 bits per heavy atom. The summed E-state index contributed by atoms with van der Waals surface area (Å²) in [6.45, 7) is 5.23. The van der Waals surface area contributed by atoms with E-state index in [4.69, 9.17) is 5.73 Å². The lowest BCUT2D eigenvalue weighted by Gasteiger charge is -2.15. The molecule has 0 aliphatic rings. The van der Waals surface area contributed by atoms with Crippen molar-refractivity contribution in [3.63, 3.8) is 0 Å². The number of aromatic nitrogens is 3. The Hall–Kier alpha value is -3.83. The van der Waals surface area contributed by atoms with Gasteiger partial charge in [0.05, 0.1) is 5.52 Å². The summed E-state index contributed by atoms with van der Waals surface area (Å²) in [7, 11) is 0. The van der Waals surface area contributed by atoms with Gasteiger partial charge in [0.2, 0.25) is 0 Å². The predicted molar refractivity (Wildman–Crippen MR) is 144 cm³/mol. The molecule has 0 aliphatic carbocycles. The average Bonchev–Trinajstić information content (AvgIpc) is 2.88. The number of anilines is 1. The van der Waals surface area contributed by atoms with Gasteiger partial charge in [-0.15, -0.1) is 0 Å². The summed E-state index contributed by atoms with van der Waals surface area (Å²) >= 11 is 0. The van der Waals surface area contributed by atoms with E-state index in [-0.39, 0.29) is 0 Å². The smallest absolute Gasteiger partial charge is 0.150 e. The van der Waals surface area contributed by atoms with Crippen LogP contribution in [0.3, 0.4) is 0 Å². The number of rotatable bonds is 8. The van der Waals surface area contributed by atoms with E-state index < -0.39 is 0 Å². The number of nitrogens with two attached hydrogens (primary N) is 1. The van der Waals surface area contributed by atoms with Gasteiger partial charge in [0.1, 0.15) is 5.52 Å². The highest BCUT2D eigenvalue weighted by molar-refractivity contribution is 6.08. The van der Waals surface area contributed by atoms with Crippen LogP contribution in [-0.2, 0) is 19.3 Å². The SMILES string of the molecule is Cc1ccc2c(c1)nc(N)c1ncc(CCc3ccc(C(C)NCCc4ccncc4)cc3)cc12. The largest absolute Gasteiger partial charge is 0.382 e. The lowest BCUT2D eigenvalue weighted by atomic mass is 10.00. The van der Waals surface area contributed by atoms with Gasteiger partial charge in [0.15, 0.2) is 5.82 Å². The molecule has 0 saturated carbocycles. The van der Waals surface area contributed by atoms with Crippen molar-refractivity contribution in [2.24, 2.45) is 0 Å². The second kappa shape index (κ2) is 10.2. The number of hydrogen-bond donors (Lipinski definition) is 2. The van der Waals surface area contributed by atoms with Gasteiger partial charge in [0, 0.05) is 35.4 Å². The quantitative estimate of drug-likeness (QED) is 0.288. The van der Waals surface area contributed by atoms with Crippen molar-refractivity contribution >= 4 is 27.6 Å². The zero-order valence-corrected chi connectivity index (χ0v) is 20.3. The highest BCUT2D eigenvalue weighted by atomic mass is 14.9. The number of benzene rings is 2. The van der Waals surface area contributed by atoms with E-state index in [0.29, 0.717) is 11.9 Å². The number of nitrogens with zero attached hydrogens (tertiary/aromatic N) is 3. The van der Waals surface area contributed by atoms with Crippen LogP contribution in [0.1, 0.15) is 40.8 Å². The Morgan fingerprint density at radius 3 is 2.37 bits per heavy atom. The summed E-state index contributed by atoms with van der Waals surface area (Å²) in [6.07, 6.45) is 8.53. The molecule has 0 bridgehead atoms. The van der Waals surface area contributed by atoms with E-state index in [1.165, 1.54) is 27.8 Å². The van der Waals surface area contributed by atoms with Crippen molar-refractivity contribution in [2.75, 3.05) is 12.3 Å². The van der Waals surface area contributed by atoms with Gasteiger partial charge in [-0.3, -0.25) is 9.97 Å². The Morgan fingerprint density at radius 1 is 0.829 bits per heavy atom. The van der Waals surface area contributed by atoms with Crippen LogP contribution in [0.4, 0.5) is 5.82 Å². The van der Waals surface area contributed by atoms with Crippen LogP contribution in [0, 0.1) is 6.92 Å². The molecule has 0 fully saturated rings. The fourth-order valence-corrected chi connectivity index (χ4v) is 4.56. The lowest BCUT2D eigenvalue weighted by Crippen LogP contribution is -2.21. The Kier molecular flexibility index (Phi) is 6.68. The monoisotopic (exact) mass is 461 g/mol. The summed E-state index contributed by atoms with van der Waals surface area (Å²) in [5, 5.41) is 5.80. The van der Waals surface area contributed by atoms with Gasteiger partial charge < -0.3 is 11.1 Å². The third kappa shape index (κ3) is 5.31. The Bertz CT molecular complexity index is 1450. The van der Waals surface area contributed by atoms with E-state index in [0.717, 1.165) is 47.6 Å². The number of pyridine rings is 3. The zero-order valence-electron chi connectivity index (χ0n) is 20.3. The molecule has 5 rings (SSSR count). The van der Waals surface area contributed by atoms with E-state index in [1.807, 2.05) is 18.6 Å². The minimum atomic E-state index is 0.312. The van der Waals surface area contributed by atoms with E-state index >= 15 is 0 Å². The van der Waals surface area contributed by atoms with Crippen molar-refractivity contribution in [1.29, 1.82) is 0 Å². The zero-order chi connectivity index (χ0) is 24.2. The average molecular weight is 462 g/mol. The second-order valence-corrected chi connectivity index (χ2v) is 9.28. The molecule has 5 nitrogen and oxygen atoms in total. The molecule has 0 aliphatic heterocycles. The maximum Gasteiger partial charge on any atom is 0.150 e. The summed E-state index contributed by atoms with van der Waals surface area (Å²) < 4.78 is 0. The van der Waals surface area contributed by atoms with Crippen LogP contribution in [-0.4, -0.2) is 21.5 Å². The highest BCUT2D eigenvalue weighted by Crippen LogP contribution is 2.28. The van der Waals surface area contributed by atoms with E-state index in [2.05, 4.69) is 94.8 Å². The third-order valence-electron chi connectivity index (χ3n) is 6.67. The standard InChI is InChI=1S/C30H31N5/c1-20-3-10-26-27-18-24(19-34-29(27)30(31)35-28(26)17-20)5-4-22-6-8-25(9-7-22)21(2)33-16-13-23-11-14-32-15-12-23/h3,6-12,14-15,17-19,21,33H,4-5,13,16H2,1-2H3,(H2,31,35). The van der Waals surface area contributed by atoms with Crippen molar-refractivity contribution < 1.29 is 0 Å². The lowest BCUT2D eigenvalue weighted by molar-refractivity contribution is 0.576. The molecule has 176 valence electrons. The second-order valence-electron chi connectivity index (χ2n) is 9.28. The maximum atomic E-state index is 6.20. The maximum absolute atomic E-state index is 6.20. The van der Waals surface area contributed by atoms with Gasteiger partial charge in [-0.2, -0.15) is 0 Å². The van der Waals surface area contributed by atoms with Crippen LogP contribution in [0.15, 0.2) is 79.3 Å². The fraction of sp³-hybridized carbons (Fsp3) is 0.233. The van der Waals surface area contributed by atoms with Gasteiger partial charge in [-0.1, -0.05) is 36.4 Å². The molecule has 5 aromatic rings. The molecule has 0 saturated heterocycles. The van der Waals surface area contributed by atoms with Gasteiger partial charge in [-0.05, 0) is 91.7 Å². The topological polar surface area (TPSA) is 76.7 Å². The summed E-state index contributed by atoms with van der Waals surface area (Å²) in [4.78, 5) is 13.3. The molecular weight excluding hydrogens is 430 g/mol. The van der Waals surface area contributed by atoms with Crippen LogP contribution < -0.4 is 11.1 Å². The molecule has 0 spiro atoms. The molecule has 3 aromatic heterocycles. The first kappa shape index (κ1) is 22.9. The van der Waals surface area contributed by atoms with Gasteiger partial charge >= 0.3 is 0 Å². The molecule has 35 heavy (non-hydrogen) atoms. The normalized spacial score (nSPS) is 12.3. The number of aryl methyl sites for hydroxylation is 3. The summed E-state index contributed by atoms with van der Waals surface area (Å²) in [5.41, 5.74) is 14.2. The molecule has 2 aromatic carbocycles. The molecule has 0 radical (unpaired) electrons. The summed E-state index contributed by atoms with van der Waals surface area (Å²) in [6, 6.07) is 21.9. The fourth-order valence-electron chi connectivity index (χ4n) is 4.56. The van der Waals surface area contributed by atoms with Crippen molar-refractivity contribution in [3.05, 3.63) is 107 Å². The third-order valence-corrected chi connectivity index (χ3v) is 6.67. The molecule has 0 amide bonds. The van der Waals surface area contributed by atoms with Crippen LogP contribution in [0.2, 0.25) is 0 Å². The molecular formula is C30H31N5. The van der Waals surface area contributed by atoms with Gasteiger partial charge in [-0.25, -0.2) is 4.98 Å². The minimum Gasteiger partial charge on any atom is -0.382 e. The Labute approximate surface area is 206 Å². The number of nitrogen functional groups attached to an aromatic ring is 1. The number of hydrogen-bond acceptors (Lipinski definition) is 5. The molecule has 3 N–H and O–H groups in total. The number of fused-ring (bicyclic) bond motifs is 3. The predicted octanol–water partition coefficient (Wildman–Crippen LogP) is 5.75. The van der Waals surface area contributed by atoms with E-state index in [1.54, 1.807) is 0 Å². The highest BCUT2D eigenvalue weighted by Gasteiger charge is 2.10. The van der Waals surface area contributed by atoms with E-state index in [9.17, 15) is 0 Å². The van der Waals surface area contributed by atoms with Crippen LogP contribution in [0.25, 0.3) is 21.8 Å². The van der Waals surface area contributed by atoms with Crippen LogP contribution in [0.5, 0.6) is 0 Å². The van der Waals surface area contributed by atoms with Crippen LogP contribution >= 0.6 is 0 Å². The first-order valence-corrected chi connectivity index (χ1v) is 12.2. The molecule has 1 atom stereocenters. The molecule has 1 unspecified atom stereocenters. The first-order chi connectivity index (χ1) is 17.1. The van der Waals surface area contributed by atoms with Crippen molar-refractivity contribution in [1.82, 2.24) is 20.3 Å². The number of nitrogens with one attached hydrogen (secondary N) is 1. The van der Waals surface area contributed by atoms with Gasteiger partial charge in [0.25, 0.3) is 0 Å². The summed E-state index contributed by atoms with van der Waals surface area (Å²) in [5.74, 6) is 0.490.